The zero-order valence-corrected chi connectivity index (χ0v) is 13.9. The maximum Gasteiger partial charge on any atom is 0.316 e. The second-order valence-corrected chi connectivity index (χ2v) is 5.77. The summed E-state index contributed by atoms with van der Waals surface area (Å²) in [6, 6.07) is 7.26. The van der Waals surface area contributed by atoms with Crippen LogP contribution >= 0.6 is 12.2 Å². The summed E-state index contributed by atoms with van der Waals surface area (Å²) in [5, 5.41) is 3.47. The Hall–Kier alpha value is -1.95. The number of carbonyl (C=O) groups is 1. The van der Waals surface area contributed by atoms with Gasteiger partial charge in [-0.05, 0) is 39.1 Å². The van der Waals surface area contributed by atoms with E-state index in [-0.39, 0.29) is 18.1 Å². The Morgan fingerprint density at radius 2 is 2.05 bits per heavy atom. The Balaban J connectivity index is 2.47. The van der Waals surface area contributed by atoms with Crippen molar-refractivity contribution in [2.75, 3.05) is 7.11 Å². The average Bonchev–Trinajstić information content (AvgIpc) is 2.45. The quantitative estimate of drug-likeness (QED) is 0.683. The van der Waals surface area contributed by atoms with Gasteiger partial charge in [-0.3, -0.25) is 4.79 Å². The van der Waals surface area contributed by atoms with E-state index in [2.05, 4.69) is 10.3 Å². The molecule has 1 heterocycles. The van der Waals surface area contributed by atoms with Crippen LogP contribution in [0, 0.1) is 5.92 Å². The first-order valence-corrected chi connectivity index (χ1v) is 7.54. The van der Waals surface area contributed by atoms with E-state index in [0.717, 1.165) is 11.3 Å². The number of benzene rings is 1. The van der Waals surface area contributed by atoms with Gasteiger partial charge in [-0.25, -0.2) is 4.99 Å². The molecule has 1 aromatic carbocycles. The minimum absolute atomic E-state index is 0.0306. The SMILES string of the molecule is COC(=O)C1C(C)=NC(=S)NC1c1ccccc1OC(C)C. The highest BCUT2D eigenvalue weighted by molar-refractivity contribution is 7.80. The van der Waals surface area contributed by atoms with Crippen LogP contribution in [0.3, 0.4) is 0 Å². The minimum atomic E-state index is -0.534. The predicted octanol–water partition coefficient (Wildman–Crippen LogP) is 2.65. The maximum absolute atomic E-state index is 12.2. The van der Waals surface area contributed by atoms with Crippen LogP contribution in [0.1, 0.15) is 32.4 Å². The summed E-state index contributed by atoms with van der Waals surface area (Å²) in [7, 11) is 1.37. The van der Waals surface area contributed by atoms with Crippen molar-refractivity contribution < 1.29 is 14.3 Å². The van der Waals surface area contributed by atoms with Crippen molar-refractivity contribution in [3.8, 4) is 5.75 Å². The third-order valence-electron chi connectivity index (χ3n) is 3.41. The number of para-hydroxylation sites is 1. The summed E-state index contributed by atoms with van der Waals surface area (Å²) < 4.78 is 10.8. The number of esters is 1. The number of carbonyl (C=O) groups excluding carboxylic acids is 1. The van der Waals surface area contributed by atoms with Crippen molar-refractivity contribution in [2.45, 2.75) is 32.9 Å². The molecule has 1 aliphatic heterocycles. The minimum Gasteiger partial charge on any atom is -0.491 e. The molecule has 2 atom stereocenters. The number of rotatable bonds is 4. The molecule has 0 fully saturated rings. The van der Waals surface area contributed by atoms with Crippen LogP contribution in [0.25, 0.3) is 0 Å². The highest BCUT2D eigenvalue weighted by Crippen LogP contribution is 2.34. The smallest absolute Gasteiger partial charge is 0.316 e. The Morgan fingerprint density at radius 1 is 1.36 bits per heavy atom. The van der Waals surface area contributed by atoms with Gasteiger partial charge in [0.05, 0.1) is 19.3 Å². The van der Waals surface area contributed by atoms with Crippen LogP contribution in [0.5, 0.6) is 5.75 Å². The second-order valence-electron chi connectivity index (χ2n) is 5.39. The van der Waals surface area contributed by atoms with E-state index < -0.39 is 5.92 Å². The number of thiocarbonyl (C=S) groups is 1. The highest BCUT2D eigenvalue weighted by atomic mass is 32.1. The summed E-state index contributed by atoms with van der Waals surface area (Å²) in [4.78, 5) is 16.4. The van der Waals surface area contributed by atoms with Gasteiger partial charge >= 0.3 is 5.97 Å². The molecule has 1 aliphatic rings. The summed E-state index contributed by atoms with van der Waals surface area (Å²) in [6.07, 6.45) is 0.0306. The summed E-state index contributed by atoms with van der Waals surface area (Å²) >= 11 is 5.18. The van der Waals surface area contributed by atoms with Gasteiger partial charge in [0.25, 0.3) is 0 Å². The van der Waals surface area contributed by atoms with E-state index >= 15 is 0 Å². The van der Waals surface area contributed by atoms with E-state index in [1.807, 2.05) is 38.1 Å². The molecule has 1 N–H and O–H groups in total. The number of nitrogens with zero attached hydrogens (tertiary/aromatic N) is 1. The molecule has 0 bridgehead atoms. The molecule has 0 saturated carbocycles. The number of hydrogen-bond acceptors (Lipinski definition) is 4. The van der Waals surface area contributed by atoms with E-state index in [1.165, 1.54) is 7.11 Å². The number of ether oxygens (including phenoxy) is 2. The molecule has 6 heteroatoms. The first-order valence-electron chi connectivity index (χ1n) is 7.13. The Labute approximate surface area is 135 Å². The molecule has 5 nitrogen and oxygen atoms in total. The topological polar surface area (TPSA) is 59.9 Å². The average molecular weight is 320 g/mol. The van der Waals surface area contributed by atoms with E-state index in [9.17, 15) is 4.79 Å². The summed E-state index contributed by atoms with van der Waals surface area (Å²) in [5.41, 5.74) is 1.50. The largest absolute Gasteiger partial charge is 0.491 e. The molecule has 0 aromatic heterocycles. The number of nitrogens with one attached hydrogen (secondary N) is 1. The Bertz CT molecular complexity index is 613. The van der Waals surface area contributed by atoms with Crippen molar-refractivity contribution in [2.24, 2.45) is 10.9 Å². The van der Waals surface area contributed by atoms with Gasteiger partial charge in [0.2, 0.25) is 0 Å². The standard InChI is InChI=1S/C16H20N2O3S/c1-9(2)21-12-8-6-5-7-11(12)14-13(15(19)20-4)10(3)17-16(22)18-14/h5-9,13-14H,1-4H3,(H,18,22). The summed E-state index contributed by atoms with van der Waals surface area (Å²) in [5.74, 6) is -0.157. The van der Waals surface area contributed by atoms with E-state index in [4.69, 9.17) is 21.7 Å². The molecule has 2 unspecified atom stereocenters. The molecule has 22 heavy (non-hydrogen) atoms. The lowest BCUT2D eigenvalue weighted by Crippen LogP contribution is -2.44. The number of aliphatic imine (C=N–C) groups is 1. The van der Waals surface area contributed by atoms with E-state index in [0.29, 0.717) is 10.8 Å². The molecule has 1 aromatic rings. The molecule has 0 aliphatic carbocycles. The fraction of sp³-hybridized carbons (Fsp3) is 0.438. The molecular formula is C16H20N2O3S. The Kier molecular flexibility index (Phi) is 5.13. The van der Waals surface area contributed by atoms with E-state index in [1.54, 1.807) is 6.92 Å². The first-order chi connectivity index (χ1) is 10.4. The Morgan fingerprint density at radius 3 is 2.68 bits per heavy atom. The van der Waals surface area contributed by atoms with Crippen LogP contribution < -0.4 is 10.1 Å². The zero-order valence-electron chi connectivity index (χ0n) is 13.1. The lowest BCUT2D eigenvalue weighted by atomic mass is 9.88. The molecule has 0 spiro atoms. The van der Waals surface area contributed by atoms with Crippen molar-refractivity contribution in [3.63, 3.8) is 0 Å². The summed E-state index contributed by atoms with van der Waals surface area (Å²) in [6.45, 7) is 5.70. The highest BCUT2D eigenvalue weighted by Gasteiger charge is 2.38. The lowest BCUT2D eigenvalue weighted by molar-refractivity contribution is -0.143. The first kappa shape index (κ1) is 16.4. The van der Waals surface area contributed by atoms with Crippen LogP contribution in [-0.4, -0.2) is 30.0 Å². The maximum atomic E-state index is 12.2. The zero-order chi connectivity index (χ0) is 16.3. The molecular weight excluding hydrogens is 300 g/mol. The molecule has 2 rings (SSSR count). The fourth-order valence-electron chi connectivity index (χ4n) is 2.51. The van der Waals surface area contributed by atoms with Gasteiger partial charge in [-0.2, -0.15) is 0 Å². The monoisotopic (exact) mass is 320 g/mol. The van der Waals surface area contributed by atoms with Crippen LogP contribution in [-0.2, 0) is 9.53 Å². The third-order valence-corrected chi connectivity index (χ3v) is 3.62. The normalized spacial score (nSPS) is 21.1. The van der Waals surface area contributed by atoms with Crippen LogP contribution in [0.2, 0.25) is 0 Å². The van der Waals surface area contributed by atoms with Gasteiger partial charge < -0.3 is 14.8 Å². The molecule has 0 radical (unpaired) electrons. The molecule has 0 saturated heterocycles. The van der Waals surface area contributed by atoms with Gasteiger partial charge in [-0.1, -0.05) is 18.2 Å². The number of hydrogen-bond donors (Lipinski definition) is 1. The van der Waals surface area contributed by atoms with Crippen molar-refractivity contribution in [1.29, 1.82) is 0 Å². The van der Waals surface area contributed by atoms with Gasteiger partial charge in [0.15, 0.2) is 5.11 Å². The van der Waals surface area contributed by atoms with Crippen molar-refractivity contribution >= 4 is 29.0 Å². The molecule has 118 valence electrons. The number of methoxy groups -OCH3 is 1. The van der Waals surface area contributed by atoms with Crippen LogP contribution in [0.15, 0.2) is 29.3 Å². The van der Waals surface area contributed by atoms with Gasteiger partial charge in [0, 0.05) is 11.3 Å². The third kappa shape index (κ3) is 3.44. The predicted molar refractivity (Wildman–Crippen MR) is 89.3 cm³/mol. The second kappa shape index (κ2) is 6.87. The van der Waals surface area contributed by atoms with Crippen LogP contribution in [0.4, 0.5) is 0 Å². The van der Waals surface area contributed by atoms with Crippen molar-refractivity contribution in [3.05, 3.63) is 29.8 Å². The molecule has 0 amide bonds. The fourth-order valence-corrected chi connectivity index (χ4v) is 2.78. The van der Waals surface area contributed by atoms with Gasteiger partial charge in [0.1, 0.15) is 11.7 Å². The van der Waals surface area contributed by atoms with Crippen molar-refractivity contribution in [1.82, 2.24) is 5.32 Å². The lowest BCUT2D eigenvalue weighted by Gasteiger charge is -2.31. The van der Waals surface area contributed by atoms with Gasteiger partial charge in [-0.15, -0.1) is 0 Å².